The zero-order chi connectivity index (χ0) is 19.2. The normalized spacial score (nSPS) is 24.8. The molecule has 3 rings (SSSR count). The third-order valence-electron chi connectivity index (χ3n) is 4.76. The quantitative estimate of drug-likeness (QED) is 0.659. The molecule has 0 spiro atoms. The van der Waals surface area contributed by atoms with Crippen LogP contribution in [-0.4, -0.2) is 22.2 Å². The molecular weight excluding hydrogens is 422 g/mol. The first-order valence-electron chi connectivity index (χ1n) is 7.58. The van der Waals surface area contributed by atoms with E-state index in [4.69, 9.17) is 46.4 Å². The van der Waals surface area contributed by atoms with Gasteiger partial charge in [0, 0.05) is 31.9 Å². The molecule has 0 heterocycles. The minimum absolute atomic E-state index is 0.285. The number of rotatable bonds is 4. The van der Waals surface area contributed by atoms with Crippen molar-refractivity contribution in [1.29, 1.82) is 0 Å². The Bertz CT molecular complexity index is 825. The van der Waals surface area contributed by atoms with Crippen LogP contribution in [0, 0.1) is 11.8 Å². The molecule has 1 saturated carbocycles. The van der Waals surface area contributed by atoms with E-state index >= 15 is 0 Å². The van der Waals surface area contributed by atoms with E-state index in [1.54, 1.807) is 24.3 Å². The van der Waals surface area contributed by atoms with Gasteiger partial charge in [-0.05, 0) is 35.4 Å². The van der Waals surface area contributed by atoms with Gasteiger partial charge in [0.2, 0.25) is 0 Å². The molecule has 2 aromatic rings. The highest BCUT2D eigenvalue weighted by atomic mass is 35.5. The Morgan fingerprint density at radius 3 is 1.31 bits per heavy atom. The smallest absolute Gasteiger partial charge is 0.308 e. The lowest BCUT2D eigenvalue weighted by atomic mass is 9.52. The van der Waals surface area contributed by atoms with Gasteiger partial charge in [-0.25, -0.2) is 0 Å². The number of aliphatic carboxylic acids is 2. The summed E-state index contributed by atoms with van der Waals surface area (Å²) < 4.78 is 0. The molecule has 0 bridgehead atoms. The maximum Gasteiger partial charge on any atom is 0.308 e. The molecule has 26 heavy (non-hydrogen) atoms. The summed E-state index contributed by atoms with van der Waals surface area (Å²) in [6, 6.07) is 9.45. The van der Waals surface area contributed by atoms with Crippen LogP contribution in [0.4, 0.5) is 0 Å². The molecule has 2 aromatic carbocycles. The van der Waals surface area contributed by atoms with Crippen LogP contribution in [0.5, 0.6) is 0 Å². The molecule has 0 aliphatic heterocycles. The van der Waals surface area contributed by atoms with E-state index in [1.165, 1.54) is 12.1 Å². The van der Waals surface area contributed by atoms with E-state index in [2.05, 4.69) is 0 Å². The van der Waals surface area contributed by atoms with Crippen molar-refractivity contribution >= 4 is 58.3 Å². The summed E-state index contributed by atoms with van der Waals surface area (Å²) in [5.41, 5.74) is 1.05. The monoisotopic (exact) mass is 432 g/mol. The van der Waals surface area contributed by atoms with E-state index in [0.29, 0.717) is 21.2 Å². The maximum atomic E-state index is 11.8. The molecule has 0 saturated heterocycles. The van der Waals surface area contributed by atoms with E-state index in [-0.39, 0.29) is 10.0 Å². The van der Waals surface area contributed by atoms with Crippen molar-refractivity contribution in [3.8, 4) is 0 Å². The third-order valence-corrected chi connectivity index (χ3v) is 5.89. The van der Waals surface area contributed by atoms with Crippen molar-refractivity contribution in [3.05, 3.63) is 67.6 Å². The predicted molar refractivity (Wildman–Crippen MR) is 101 cm³/mol. The first kappa shape index (κ1) is 19.3. The Balaban J connectivity index is 2.16. The number of hydrogen-bond donors (Lipinski definition) is 2. The topological polar surface area (TPSA) is 74.6 Å². The van der Waals surface area contributed by atoms with Crippen LogP contribution in [0.3, 0.4) is 0 Å². The highest BCUT2D eigenvalue weighted by molar-refractivity contribution is 6.35. The minimum atomic E-state index is -1.20. The van der Waals surface area contributed by atoms with Crippen molar-refractivity contribution in [2.45, 2.75) is 11.8 Å². The van der Waals surface area contributed by atoms with Gasteiger partial charge in [0.15, 0.2) is 0 Å². The molecule has 2 N–H and O–H groups in total. The number of benzene rings is 2. The van der Waals surface area contributed by atoms with Crippen molar-refractivity contribution in [2.75, 3.05) is 0 Å². The summed E-state index contributed by atoms with van der Waals surface area (Å²) in [6.45, 7) is 0. The molecule has 136 valence electrons. The summed E-state index contributed by atoms with van der Waals surface area (Å²) in [6.07, 6.45) is 0. The first-order chi connectivity index (χ1) is 12.2. The summed E-state index contributed by atoms with van der Waals surface area (Å²) in [5, 5.41) is 20.6. The second kappa shape index (κ2) is 7.28. The Morgan fingerprint density at radius 2 is 1.04 bits per heavy atom. The lowest BCUT2D eigenvalue weighted by molar-refractivity contribution is -0.164. The van der Waals surface area contributed by atoms with E-state index in [1.807, 2.05) is 0 Å². The SMILES string of the molecule is O=C(O)[C@@H]1[C@H](C(=O)O)[C@@H](c2ccc(Cl)cc2Cl)[C@H]1c1ccc(Cl)cc1Cl. The van der Waals surface area contributed by atoms with E-state index < -0.39 is 35.6 Å². The fraction of sp³-hybridized carbons (Fsp3) is 0.222. The first-order valence-corrected chi connectivity index (χ1v) is 9.09. The van der Waals surface area contributed by atoms with Gasteiger partial charge >= 0.3 is 11.9 Å². The largest absolute Gasteiger partial charge is 0.481 e. The molecule has 8 heteroatoms. The molecule has 0 aromatic heterocycles. The Kier molecular flexibility index (Phi) is 5.40. The van der Waals surface area contributed by atoms with Gasteiger partial charge in [0.25, 0.3) is 0 Å². The summed E-state index contributed by atoms with van der Waals surface area (Å²) in [7, 11) is 0. The van der Waals surface area contributed by atoms with Gasteiger partial charge in [-0.1, -0.05) is 58.5 Å². The van der Waals surface area contributed by atoms with E-state index in [0.717, 1.165) is 0 Å². The standard InChI is InChI=1S/C18H12Cl4O4/c19-7-1-3-9(11(21)5-7)13-14(10-4-2-8(20)6-12(10)22)16(18(25)26)15(13)17(23)24/h1-6,13-16H,(H,23,24)(H,25,26)/t13-,14+,15+,16-. The summed E-state index contributed by atoms with van der Waals surface area (Å²) >= 11 is 24.4. The van der Waals surface area contributed by atoms with Gasteiger partial charge in [0.05, 0.1) is 11.8 Å². The van der Waals surface area contributed by atoms with Crippen molar-refractivity contribution in [1.82, 2.24) is 0 Å². The van der Waals surface area contributed by atoms with Crippen LogP contribution >= 0.6 is 46.4 Å². The van der Waals surface area contributed by atoms with Crippen LogP contribution in [0.2, 0.25) is 20.1 Å². The van der Waals surface area contributed by atoms with Crippen LogP contribution in [0.15, 0.2) is 36.4 Å². The highest BCUT2D eigenvalue weighted by Crippen LogP contribution is 2.60. The van der Waals surface area contributed by atoms with Crippen LogP contribution < -0.4 is 0 Å². The van der Waals surface area contributed by atoms with Crippen LogP contribution in [0.1, 0.15) is 23.0 Å². The average molecular weight is 434 g/mol. The number of carboxylic acid groups (broad SMARTS) is 2. The molecule has 0 amide bonds. The third kappa shape index (κ3) is 3.27. The zero-order valence-electron chi connectivity index (χ0n) is 13.0. The average Bonchev–Trinajstić information content (AvgIpc) is 2.50. The van der Waals surface area contributed by atoms with Crippen LogP contribution in [0.25, 0.3) is 0 Å². The van der Waals surface area contributed by atoms with E-state index in [9.17, 15) is 19.8 Å². The summed E-state index contributed by atoms with van der Waals surface area (Å²) in [4.78, 5) is 23.6. The fourth-order valence-electron chi connectivity index (χ4n) is 3.68. The van der Waals surface area contributed by atoms with Gasteiger partial charge in [0.1, 0.15) is 0 Å². The van der Waals surface area contributed by atoms with Crippen molar-refractivity contribution in [2.24, 2.45) is 11.8 Å². The molecule has 1 fully saturated rings. The lowest BCUT2D eigenvalue weighted by Crippen LogP contribution is -2.51. The number of carboxylic acids is 2. The molecule has 0 radical (unpaired) electrons. The number of carbonyl (C=O) groups is 2. The van der Waals surface area contributed by atoms with Gasteiger partial charge in [-0.2, -0.15) is 0 Å². The van der Waals surface area contributed by atoms with Crippen molar-refractivity contribution in [3.63, 3.8) is 0 Å². The van der Waals surface area contributed by atoms with Crippen molar-refractivity contribution < 1.29 is 19.8 Å². The maximum absolute atomic E-state index is 11.8. The lowest BCUT2D eigenvalue weighted by Gasteiger charge is -2.48. The number of hydrogen-bond acceptors (Lipinski definition) is 2. The van der Waals surface area contributed by atoms with Crippen LogP contribution in [-0.2, 0) is 9.59 Å². The number of halogens is 4. The Hall–Kier alpha value is -1.46. The molecular formula is C18H12Cl4O4. The molecule has 0 unspecified atom stereocenters. The summed E-state index contributed by atoms with van der Waals surface area (Å²) in [5.74, 6) is -5.98. The fourth-order valence-corrected chi connectivity index (χ4v) is 4.75. The Morgan fingerprint density at radius 1 is 0.692 bits per heavy atom. The Labute approximate surface area is 169 Å². The minimum Gasteiger partial charge on any atom is -0.481 e. The molecule has 1 aliphatic carbocycles. The molecule has 4 atom stereocenters. The van der Waals surface area contributed by atoms with Gasteiger partial charge in [-0.15, -0.1) is 0 Å². The molecule has 4 nitrogen and oxygen atoms in total. The zero-order valence-corrected chi connectivity index (χ0v) is 16.0. The highest BCUT2D eigenvalue weighted by Gasteiger charge is 2.59. The predicted octanol–water partition coefficient (Wildman–Crippen LogP) is 5.58. The van der Waals surface area contributed by atoms with Gasteiger partial charge in [-0.3, -0.25) is 9.59 Å². The second-order valence-electron chi connectivity index (χ2n) is 6.11. The second-order valence-corrected chi connectivity index (χ2v) is 7.80. The molecule has 1 aliphatic rings. The van der Waals surface area contributed by atoms with Gasteiger partial charge < -0.3 is 10.2 Å².